The summed E-state index contributed by atoms with van der Waals surface area (Å²) >= 11 is 0. The molecule has 402 valence electrons. The summed E-state index contributed by atoms with van der Waals surface area (Å²) in [5, 5.41) is 0. The molecule has 0 amide bonds. The van der Waals surface area contributed by atoms with Crippen LogP contribution in [-0.4, -0.2) is 37.2 Å². The lowest BCUT2D eigenvalue weighted by atomic mass is 10.1. The number of esters is 3. The number of ether oxygens (including phenoxy) is 3. The zero-order valence-corrected chi connectivity index (χ0v) is 45.9. The van der Waals surface area contributed by atoms with Crippen LogP contribution in [0, 0.1) is 0 Å². The molecule has 0 aliphatic carbocycles. The summed E-state index contributed by atoms with van der Waals surface area (Å²) in [6.07, 6.45) is 80.5. The smallest absolute Gasteiger partial charge is 0.306 e. The minimum Gasteiger partial charge on any atom is -0.462 e. The van der Waals surface area contributed by atoms with Gasteiger partial charge >= 0.3 is 17.9 Å². The lowest BCUT2D eigenvalue weighted by molar-refractivity contribution is -0.166. The highest BCUT2D eigenvalue weighted by Crippen LogP contribution is 2.14. The van der Waals surface area contributed by atoms with E-state index in [2.05, 4.69) is 136 Å². The molecule has 0 N–H and O–H groups in total. The van der Waals surface area contributed by atoms with E-state index in [0.717, 1.165) is 103 Å². The van der Waals surface area contributed by atoms with Gasteiger partial charge in [-0.1, -0.05) is 232 Å². The van der Waals surface area contributed by atoms with Gasteiger partial charge in [0.25, 0.3) is 0 Å². The molecule has 0 saturated heterocycles. The van der Waals surface area contributed by atoms with E-state index in [4.69, 9.17) is 14.2 Å². The summed E-state index contributed by atoms with van der Waals surface area (Å²) in [4.78, 5) is 38.2. The molecule has 0 aromatic carbocycles. The van der Waals surface area contributed by atoms with Crippen LogP contribution in [0.15, 0.2) is 122 Å². The van der Waals surface area contributed by atoms with E-state index in [0.29, 0.717) is 19.3 Å². The summed E-state index contributed by atoms with van der Waals surface area (Å²) in [7, 11) is 0. The minimum absolute atomic E-state index is 0.111. The first kappa shape index (κ1) is 66.8. The first-order valence-corrected chi connectivity index (χ1v) is 29.0. The second kappa shape index (κ2) is 58.4. The van der Waals surface area contributed by atoms with Crippen molar-refractivity contribution in [2.45, 2.75) is 258 Å². The number of unbranched alkanes of at least 4 members (excludes halogenated alkanes) is 20. The van der Waals surface area contributed by atoms with Crippen LogP contribution in [0.1, 0.15) is 252 Å². The molecule has 0 bridgehead atoms. The van der Waals surface area contributed by atoms with Gasteiger partial charge in [-0.15, -0.1) is 0 Å². The van der Waals surface area contributed by atoms with Crippen molar-refractivity contribution in [3.8, 4) is 0 Å². The molecular formula is C65H106O6. The standard InChI is InChI=1S/C65H106O6/c1-4-7-10-13-16-19-22-25-28-31-32-35-37-40-43-46-49-52-55-58-64(67)70-61-62(71-65(68)59-56-53-50-47-44-41-38-34-30-27-24-21-18-15-12-9-6-3)60-69-63(66)57-54-51-48-45-42-39-36-33-29-26-23-20-17-14-11-8-5-2/h7,10,16-21,25-30,32,35,40,43,49,52,62H,4-6,8-9,11-15,22-24,31,33-34,36-39,41-42,44-48,50-51,53-61H2,1-3H3/b10-7+,19-16+,20-17+,21-18+,28-25+,29-26+,30-27+,35-32+,43-40+,52-49+/t62-/m1/s1. The van der Waals surface area contributed by atoms with E-state index in [1.165, 1.54) is 103 Å². The van der Waals surface area contributed by atoms with Crippen molar-refractivity contribution >= 4 is 17.9 Å². The van der Waals surface area contributed by atoms with Crippen LogP contribution in [0.2, 0.25) is 0 Å². The quantitative estimate of drug-likeness (QED) is 0.0261. The molecule has 6 heteroatoms. The highest BCUT2D eigenvalue weighted by molar-refractivity contribution is 5.71. The van der Waals surface area contributed by atoms with E-state index < -0.39 is 6.10 Å². The van der Waals surface area contributed by atoms with Gasteiger partial charge in [0, 0.05) is 19.3 Å². The van der Waals surface area contributed by atoms with Crippen LogP contribution in [0.5, 0.6) is 0 Å². The number of hydrogen-bond acceptors (Lipinski definition) is 6. The molecule has 1 atom stereocenters. The zero-order chi connectivity index (χ0) is 51.4. The van der Waals surface area contributed by atoms with E-state index in [9.17, 15) is 14.4 Å². The van der Waals surface area contributed by atoms with E-state index >= 15 is 0 Å². The first-order valence-electron chi connectivity index (χ1n) is 29.0. The van der Waals surface area contributed by atoms with Gasteiger partial charge in [-0.25, -0.2) is 0 Å². The number of carbonyl (C=O) groups excluding carboxylic acids is 3. The summed E-state index contributed by atoms with van der Waals surface area (Å²) in [6.45, 7) is 6.40. The predicted molar refractivity (Wildman–Crippen MR) is 306 cm³/mol. The van der Waals surface area contributed by atoms with Gasteiger partial charge in [-0.05, 0) is 122 Å². The Labute approximate surface area is 437 Å². The monoisotopic (exact) mass is 983 g/mol. The van der Waals surface area contributed by atoms with Crippen molar-refractivity contribution in [1.82, 2.24) is 0 Å². The maximum Gasteiger partial charge on any atom is 0.306 e. The fourth-order valence-corrected chi connectivity index (χ4v) is 7.59. The highest BCUT2D eigenvalue weighted by atomic mass is 16.6. The molecule has 0 fully saturated rings. The van der Waals surface area contributed by atoms with Gasteiger partial charge in [0.2, 0.25) is 0 Å². The Morgan fingerprint density at radius 2 is 0.577 bits per heavy atom. The molecule has 0 aromatic rings. The first-order chi connectivity index (χ1) is 35.0. The second-order valence-electron chi connectivity index (χ2n) is 18.8. The van der Waals surface area contributed by atoms with Crippen LogP contribution in [0.3, 0.4) is 0 Å². The van der Waals surface area contributed by atoms with Crippen molar-refractivity contribution < 1.29 is 28.6 Å². The van der Waals surface area contributed by atoms with Crippen LogP contribution in [0.4, 0.5) is 0 Å². The Hall–Kier alpha value is -4.19. The van der Waals surface area contributed by atoms with E-state index in [1.54, 1.807) is 0 Å². The molecule has 0 radical (unpaired) electrons. The molecule has 0 rings (SSSR count). The highest BCUT2D eigenvalue weighted by Gasteiger charge is 2.19. The normalized spacial score (nSPS) is 13.0. The minimum atomic E-state index is -0.820. The molecule has 0 spiro atoms. The fourth-order valence-electron chi connectivity index (χ4n) is 7.59. The average Bonchev–Trinajstić information content (AvgIpc) is 3.37. The van der Waals surface area contributed by atoms with Crippen LogP contribution in [0.25, 0.3) is 0 Å². The SMILES string of the molecule is CC/C=C/C/C=C/C/C=C/C/C=C/C/C=C/C/C=C/CCC(=O)OC[C@@H](COC(=O)CCCCCCCCC/C=C/C/C=C/CCCCC)OC(=O)CCCCCCCCC/C=C/C/C=C/CCCCC. The Kier molecular flexibility index (Phi) is 54.9. The summed E-state index contributed by atoms with van der Waals surface area (Å²) in [5.74, 6) is -1.02. The van der Waals surface area contributed by atoms with Gasteiger partial charge in [-0.3, -0.25) is 14.4 Å². The lowest BCUT2D eigenvalue weighted by Gasteiger charge is -2.18. The number of rotatable bonds is 51. The molecule has 0 heterocycles. The van der Waals surface area contributed by atoms with E-state index in [-0.39, 0.29) is 37.5 Å². The maximum atomic E-state index is 12.9. The molecular weight excluding hydrogens is 877 g/mol. The summed E-state index contributed by atoms with van der Waals surface area (Å²) in [6, 6.07) is 0. The third-order valence-electron chi connectivity index (χ3n) is 11.9. The second-order valence-corrected chi connectivity index (χ2v) is 18.8. The molecule has 0 aliphatic heterocycles. The average molecular weight is 984 g/mol. The largest absolute Gasteiger partial charge is 0.462 e. The van der Waals surface area contributed by atoms with Crippen LogP contribution < -0.4 is 0 Å². The van der Waals surface area contributed by atoms with Crippen LogP contribution >= 0.6 is 0 Å². The molecule has 0 unspecified atom stereocenters. The number of allylic oxidation sites excluding steroid dienone is 20. The molecule has 6 nitrogen and oxygen atoms in total. The van der Waals surface area contributed by atoms with Crippen molar-refractivity contribution in [2.24, 2.45) is 0 Å². The molecule has 71 heavy (non-hydrogen) atoms. The maximum absolute atomic E-state index is 12.9. The number of carbonyl (C=O) groups is 3. The van der Waals surface area contributed by atoms with Gasteiger partial charge in [0.05, 0.1) is 0 Å². The van der Waals surface area contributed by atoms with Crippen molar-refractivity contribution in [3.05, 3.63) is 122 Å². The van der Waals surface area contributed by atoms with E-state index in [1.807, 2.05) is 6.08 Å². The van der Waals surface area contributed by atoms with Gasteiger partial charge < -0.3 is 14.2 Å². The summed E-state index contributed by atoms with van der Waals surface area (Å²) in [5.41, 5.74) is 0. The topological polar surface area (TPSA) is 78.9 Å². The fraction of sp³-hybridized carbons (Fsp3) is 0.646. The third kappa shape index (κ3) is 56.6. The lowest BCUT2D eigenvalue weighted by Crippen LogP contribution is -2.30. The van der Waals surface area contributed by atoms with Crippen molar-refractivity contribution in [1.29, 1.82) is 0 Å². The number of hydrogen-bond donors (Lipinski definition) is 0. The van der Waals surface area contributed by atoms with Crippen molar-refractivity contribution in [3.63, 3.8) is 0 Å². The Morgan fingerprint density at radius 1 is 0.296 bits per heavy atom. The van der Waals surface area contributed by atoms with Crippen molar-refractivity contribution in [2.75, 3.05) is 13.2 Å². The third-order valence-corrected chi connectivity index (χ3v) is 11.9. The Morgan fingerprint density at radius 3 is 0.944 bits per heavy atom. The zero-order valence-electron chi connectivity index (χ0n) is 45.9. The van der Waals surface area contributed by atoms with Gasteiger partial charge in [0.15, 0.2) is 6.10 Å². The molecule has 0 aliphatic rings. The molecule has 0 saturated carbocycles. The Balaban J connectivity index is 4.54. The van der Waals surface area contributed by atoms with Crippen LogP contribution in [-0.2, 0) is 28.6 Å². The van der Waals surface area contributed by atoms with Gasteiger partial charge in [0.1, 0.15) is 13.2 Å². The molecule has 0 aromatic heterocycles. The van der Waals surface area contributed by atoms with Gasteiger partial charge in [-0.2, -0.15) is 0 Å². The Bertz CT molecular complexity index is 1500. The summed E-state index contributed by atoms with van der Waals surface area (Å²) < 4.78 is 16.8. The predicted octanol–water partition coefficient (Wildman–Crippen LogP) is 19.6.